The average Bonchev–Trinajstić information content (AvgIpc) is 2.37. The van der Waals surface area contributed by atoms with Gasteiger partial charge >= 0.3 is 6.18 Å². The summed E-state index contributed by atoms with van der Waals surface area (Å²) in [5, 5.41) is 3.11. The lowest BCUT2D eigenvalue weighted by Crippen LogP contribution is -2.05. The largest absolute Gasteiger partial charge is 0.416 e. The molecule has 0 amide bonds. The second-order valence-electron chi connectivity index (χ2n) is 4.37. The van der Waals surface area contributed by atoms with Gasteiger partial charge in [0.25, 0.3) is 0 Å². The number of anilines is 1. The quantitative estimate of drug-likeness (QED) is 0.509. The molecule has 1 rings (SSSR count). The summed E-state index contributed by atoms with van der Waals surface area (Å²) in [6.07, 6.45) is 0.699. The minimum absolute atomic E-state index is 0.606. The van der Waals surface area contributed by atoms with Crippen molar-refractivity contribution < 1.29 is 13.2 Å². The zero-order chi connectivity index (χ0) is 14.1. The molecule has 0 aliphatic rings. The van der Waals surface area contributed by atoms with Gasteiger partial charge in [0, 0.05) is 5.69 Å². The first-order chi connectivity index (χ1) is 9.04. The number of unbranched alkanes of at least 4 members (excludes halogenated alkanes) is 3. The zero-order valence-corrected chi connectivity index (χ0v) is 11.9. The predicted octanol–water partition coefficient (Wildman–Crippen LogP) is 5.39. The van der Waals surface area contributed by atoms with Gasteiger partial charge < -0.3 is 5.32 Å². The van der Waals surface area contributed by atoms with E-state index in [2.05, 4.69) is 12.2 Å². The second kappa shape index (κ2) is 8.35. The fourth-order valence-corrected chi connectivity index (χ4v) is 2.44. The highest BCUT2D eigenvalue weighted by atomic mass is 32.2. The molecule has 0 radical (unpaired) electrons. The number of halogens is 3. The van der Waals surface area contributed by atoms with Crippen LogP contribution in [0, 0.1) is 0 Å². The first kappa shape index (κ1) is 16.2. The van der Waals surface area contributed by atoms with Crippen LogP contribution in [-0.4, -0.2) is 11.6 Å². The van der Waals surface area contributed by atoms with E-state index in [1.54, 1.807) is 11.8 Å². The van der Waals surface area contributed by atoms with Gasteiger partial charge in [-0.2, -0.15) is 13.2 Å². The first-order valence-corrected chi connectivity index (χ1v) is 7.68. The van der Waals surface area contributed by atoms with Gasteiger partial charge in [0.2, 0.25) is 0 Å². The normalized spacial score (nSPS) is 11.6. The highest BCUT2D eigenvalue weighted by Crippen LogP contribution is 2.29. The molecule has 0 aliphatic heterocycles. The summed E-state index contributed by atoms with van der Waals surface area (Å²) < 4.78 is 37.0. The van der Waals surface area contributed by atoms with Crippen molar-refractivity contribution >= 4 is 17.4 Å². The van der Waals surface area contributed by atoms with Gasteiger partial charge in [-0.25, -0.2) is 0 Å². The van der Waals surface area contributed by atoms with Gasteiger partial charge in [-0.15, -0.1) is 11.8 Å². The number of alkyl halides is 3. The van der Waals surface area contributed by atoms with Crippen molar-refractivity contribution in [3.63, 3.8) is 0 Å². The smallest absolute Gasteiger partial charge is 0.376 e. The van der Waals surface area contributed by atoms with Gasteiger partial charge in [0.05, 0.1) is 11.4 Å². The summed E-state index contributed by atoms with van der Waals surface area (Å²) in [7, 11) is 0. The highest BCUT2D eigenvalue weighted by Gasteiger charge is 2.29. The van der Waals surface area contributed by atoms with E-state index in [0.717, 1.165) is 29.4 Å². The molecule has 108 valence electrons. The van der Waals surface area contributed by atoms with Crippen molar-refractivity contribution in [3.05, 3.63) is 29.8 Å². The Labute approximate surface area is 117 Å². The van der Waals surface area contributed by atoms with Crippen LogP contribution in [0.2, 0.25) is 0 Å². The van der Waals surface area contributed by atoms with Gasteiger partial charge in [-0.3, -0.25) is 0 Å². The summed E-state index contributed by atoms with van der Waals surface area (Å²) >= 11 is 1.77. The maximum atomic E-state index is 12.3. The topological polar surface area (TPSA) is 12.0 Å². The molecule has 1 aromatic rings. The maximum Gasteiger partial charge on any atom is 0.416 e. The summed E-state index contributed by atoms with van der Waals surface area (Å²) in [5.41, 5.74) is 0.124. The number of hydrogen-bond donors (Lipinski definition) is 1. The van der Waals surface area contributed by atoms with Crippen molar-refractivity contribution in [1.82, 2.24) is 0 Å². The second-order valence-corrected chi connectivity index (χ2v) is 5.47. The van der Waals surface area contributed by atoms with Gasteiger partial charge in [-0.1, -0.05) is 26.2 Å². The highest BCUT2D eigenvalue weighted by molar-refractivity contribution is 7.99. The molecule has 19 heavy (non-hydrogen) atoms. The number of thioether (sulfide) groups is 1. The molecule has 0 aromatic heterocycles. The number of hydrogen-bond acceptors (Lipinski definition) is 2. The molecular formula is C14H20F3NS. The molecule has 1 aromatic carbocycles. The standard InChI is InChI=1S/C14H20F3NS/c1-2-3-4-5-10-19-11-18-13-8-6-12(7-9-13)14(15,16)17/h6-9,18H,2-5,10-11H2,1H3. The Kier molecular flexibility index (Phi) is 7.13. The summed E-state index contributed by atoms with van der Waals surface area (Å²) in [6, 6.07) is 5.16. The molecule has 1 nitrogen and oxygen atoms in total. The molecule has 0 atom stereocenters. The molecular weight excluding hydrogens is 271 g/mol. The average molecular weight is 291 g/mol. The lowest BCUT2D eigenvalue weighted by molar-refractivity contribution is -0.137. The van der Waals surface area contributed by atoms with Crippen LogP contribution in [0.5, 0.6) is 0 Å². The molecule has 5 heteroatoms. The molecule has 0 heterocycles. The van der Waals surface area contributed by atoms with Crippen LogP contribution < -0.4 is 5.32 Å². The van der Waals surface area contributed by atoms with Crippen molar-refractivity contribution in [2.24, 2.45) is 0 Å². The van der Waals surface area contributed by atoms with Crippen molar-refractivity contribution in [1.29, 1.82) is 0 Å². The fourth-order valence-electron chi connectivity index (χ4n) is 1.61. The van der Waals surface area contributed by atoms with E-state index in [4.69, 9.17) is 0 Å². The van der Waals surface area contributed by atoms with E-state index in [-0.39, 0.29) is 0 Å². The Morgan fingerprint density at radius 2 is 1.74 bits per heavy atom. The van der Waals surface area contributed by atoms with E-state index in [1.807, 2.05) is 0 Å². The zero-order valence-electron chi connectivity index (χ0n) is 11.1. The van der Waals surface area contributed by atoms with Crippen LogP contribution in [-0.2, 0) is 6.18 Å². The van der Waals surface area contributed by atoms with Gasteiger partial charge in [-0.05, 0) is 36.4 Å². The minimum atomic E-state index is -4.26. The molecule has 0 fully saturated rings. The first-order valence-electron chi connectivity index (χ1n) is 6.53. The monoisotopic (exact) mass is 291 g/mol. The van der Waals surface area contributed by atoms with Crippen molar-refractivity contribution in [2.45, 2.75) is 38.8 Å². The maximum absolute atomic E-state index is 12.3. The number of nitrogens with one attached hydrogen (secondary N) is 1. The summed E-state index contributed by atoms with van der Waals surface area (Å²) in [4.78, 5) is 0. The van der Waals surface area contributed by atoms with Crippen LogP contribution in [0.15, 0.2) is 24.3 Å². The Morgan fingerprint density at radius 1 is 1.05 bits per heavy atom. The van der Waals surface area contributed by atoms with Crippen LogP contribution in [0.1, 0.15) is 38.2 Å². The number of rotatable bonds is 8. The fraction of sp³-hybridized carbons (Fsp3) is 0.571. The molecule has 0 saturated heterocycles. The van der Waals surface area contributed by atoms with Crippen molar-refractivity contribution in [2.75, 3.05) is 16.9 Å². The third-order valence-electron chi connectivity index (χ3n) is 2.73. The van der Waals surface area contributed by atoms with E-state index >= 15 is 0 Å². The van der Waals surface area contributed by atoms with Crippen LogP contribution >= 0.6 is 11.8 Å². The Morgan fingerprint density at radius 3 is 2.32 bits per heavy atom. The van der Waals surface area contributed by atoms with E-state index in [9.17, 15) is 13.2 Å². The molecule has 1 N–H and O–H groups in total. The minimum Gasteiger partial charge on any atom is -0.376 e. The van der Waals surface area contributed by atoms with E-state index in [0.29, 0.717) is 0 Å². The Balaban J connectivity index is 2.20. The lowest BCUT2D eigenvalue weighted by atomic mass is 10.2. The molecule has 0 unspecified atom stereocenters. The summed E-state index contributed by atoms with van der Waals surface area (Å²) in [5.74, 6) is 1.82. The summed E-state index contributed by atoms with van der Waals surface area (Å²) in [6.45, 7) is 2.18. The van der Waals surface area contributed by atoms with Crippen molar-refractivity contribution in [3.8, 4) is 0 Å². The molecule has 0 saturated carbocycles. The molecule has 0 bridgehead atoms. The molecule has 0 spiro atoms. The third-order valence-corrected chi connectivity index (χ3v) is 3.66. The van der Waals surface area contributed by atoms with Gasteiger partial charge in [0.1, 0.15) is 0 Å². The predicted molar refractivity (Wildman–Crippen MR) is 76.5 cm³/mol. The Hall–Kier alpha value is -0.840. The third kappa shape index (κ3) is 6.76. The van der Waals surface area contributed by atoms with Gasteiger partial charge in [0.15, 0.2) is 0 Å². The van der Waals surface area contributed by atoms with Crippen LogP contribution in [0.3, 0.4) is 0 Å². The Bertz CT molecular complexity index is 349. The number of benzene rings is 1. The van der Waals surface area contributed by atoms with Crippen LogP contribution in [0.25, 0.3) is 0 Å². The lowest BCUT2D eigenvalue weighted by Gasteiger charge is -2.09. The van der Waals surface area contributed by atoms with E-state index in [1.165, 1.54) is 37.8 Å². The SMILES string of the molecule is CCCCCCSCNc1ccc(C(F)(F)F)cc1. The van der Waals surface area contributed by atoms with E-state index < -0.39 is 11.7 Å². The van der Waals surface area contributed by atoms with Crippen LogP contribution in [0.4, 0.5) is 18.9 Å². The molecule has 0 aliphatic carbocycles.